The number of aromatic amines is 1. The van der Waals surface area contributed by atoms with Crippen molar-refractivity contribution >= 4 is 0 Å². The maximum atomic E-state index is 5.35. The van der Waals surface area contributed by atoms with Gasteiger partial charge in [0.05, 0.1) is 13.2 Å². The highest BCUT2D eigenvalue weighted by Gasteiger charge is 2.19. The van der Waals surface area contributed by atoms with E-state index in [-0.39, 0.29) is 0 Å². The van der Waals surface area contributed by atoms with Crippen LogP contribution in [-0.4, -0.2) is 66.0 Å². The van der Waals surface area contributed by atoms with Crippen LogP contribution in [0, 0.1) is 0 Å². The molecule has 1 atom stereocenters. The van der Waals surface area contributed by atoms with E-state index in [1.54, 1.807) is 0 Å². The second-order valence-electron chi connectivity index (χ2n) is 5.39. The Bertz CT molecular complexity index is 382. The van der Waals surface area contributed by atoms with E-state index in [0.29, 0.717) is 5.92 Å². The summed E-state index contributed by atoms with van der Waals surface area (Å²) in [6.07, 6.45) is 3.38. The third-order valence-electron chi connectivity index (χ3n) is 3.98. The summed E-state index contributed by atoms with van der Waals surface area (Å²) in [5.41, 5.74) is 0. The Morgan fingerprint density at radius 1 is 1.32 bits per heavy atom. The molecule has 2 saturated heterocycles. The van der Waals surface area contributed by atoms with Crippen LogP contribution in [0.5, 0.6) is 0 Å². The number of aromatic nitrogens is 3. The number of H-pyrrole nitrogens is 1. The molecule has 1 aromatic heterocycles. The molecule has 3 heterocycles. The molecule has 1 unspecified atom stereocenters. The van der Waals surface area contributed by atoms with Crippen molar-refractivity contribution in [3.63, 3.8) is 0 Å². The first-order valence-electron chi connectivity index (χ1n) is 7.34. The molecular weight excluding hydrogens is 242 g/mol. The van der Waals surface area contributed by atoms with Gasteiger partial charge in [-0.25, -0.2) is 4.98 Å². The Morgan fingerprint density at radius 2 is 2.21 bits per heavy atom. The topological polar surface area (TPSA) is 66.1 Å². The molecule has 2 N–H and O–H groups in total. The van der Waals surface area contributed by atoms with Gasteiger partial charge in [0.2, 0.25) is 0 Å². The summed E-state index contributed by atoms with van der Waals surface area (Å²) in [4.78, 5) is 7.08. The molecule has 106 valence electrons. The highest BCUT2D eigenvalue weighted by molar-refractivity contribution is 5.00. The molecule has 2 fully saturated rings. The van der Waals surface area contributed by atoms with Crippen molar-refractivity contribution < 1.29 is 4.74 Å². The maximum absolute atomic E-state index is 5.35. The second kappa shape index (κ2) is 6.45. The van der Waals surface area contributed by atoms with Crippen molar-refractivity contribution in [1.29, 1.82) is 0 Å². The molecule has 3 rings (SSSR count). The van der Waals surface area contributed by atoms with Gasteiger partial charge in [0, 0.05) is 38.5 Å². The minimum Gasteiger partial charge on any atom is -0.379 e. The number of piperidine rings is 1. The van der Waals surface area contributed by atoms with Crippen LogP contribution in [0.25, 0.3) is 0 Å². The van der Waals surface area contributed by atoms with Gasteiger partial charge in [-0.1, -0.05) is 0 Å². The highest BCUT2D eigenvalue weighted by atomic mass is 16.5. The first-order valence-corrected chi connectivity index (χ1v) is 7.34. The zero-order valence-electron chi connectivity index (χ0n) is 11.4. The molecule has 0 aromatic carbocycles. The second-order valence-corrected chi connectivity index (χ2v) is 5.39. The number of hydrogen-bond donors (Lipinski definition) is 2. The molecule has 6 nitrogen and oxygen atoms in total. The van der Waals surface area contributed by atoms with Crippen LogP contribution in [0.1, 0.15) is 30.4 Å². The average molecular weight is 265 g/mol. The standard InChI is InChI=1S/C13H23N5O/c1-2-11(10-14-4-1)13-15-12(16-17-13)3-5-18-6-8-19-9-7-18/h11,14H,1-10H2,(H,15,16,17). The molecular formula is C13H23N5O. The Hall–Kier alpha value is -0.980. The largest absolute Gasteiger partial charge is 0.379 e. The van der Waals surface area contributed by atoms with Crippen LogP contribution in [0.2, 0.25) is 0 Å². The van der Waals surface area contributed by atoms with Gasteiger partial charge < -0.3 is 10.1 Å². The van der Waals surface area contributed by atoms with Crippen molar-refractivity contribution in [2.45, 2.75) is 25.2 Å². The third-order valence-corrected chi connectivity index (χ3v) is 3.98. The zero-order valence-corrected chi connectivity index (χ0v) is 11.4. The minimum atomic E-state index is 0.488. The van der Waals surface area contributed by atoms with E-state index in [1.807, 2.05) is 0 Å². The lowest BCUT2D eigenvalue weighted by atomic mass is 9.99. The molecule has 19 heavy (non-hydrogen) atoms. The van der Waals surface area contributed by atoms with Crippen molar-refractivity contribution in [1.82, 2.24) is 25.4 Å². The van der Waals surface area contributed by atoms with Gasteiger partial charge in [-0.3, -0.25) is 10.00 Å². The van der Waals surface area contributed by atoms with Crippen LogP contribution in [0.3, 0.4) is 0 Å². The van der Waals surface area contributed by atoms with E-state index in [0.717, 1.165) is 64.0 Å². The summed E-state index contributed by atoms with van der Waals surface area (Å²) >= 11 is 0. The summed E-state index contributed by atoms with van der Waals surface area (Å²) in [5, 5.41) is 10.9. The van der Waals surface area contributed by atoms with E-state index < -0.39 is 0 Å². The van der Waals surface area contributed by atoms with Crippen molar-refractivity contribution in [2.24, 2.45) is 0 Å². The number of nitrogens with one attached hydrogen (secondary N) is 2. The van der Waals surface area contributed by atoms with E-state index in [9.17, 15) is 0 Å². The molecule has 1 aromatic rings. The molecule has 0 saturated carbocycles. The number of ether oxygens (including phenoxy) is 1. The third kappa shape index (κ3) is 3.52. The Balaban J connectivity index is 1.49. The Kier molecular flexibility index (Phi) is 4.42. The smallest absolute Gasteiger partial charge is 0.155 e. The van der Waals surface area contributed by atoms with Crippen LogP contribution in [0.4, 0.5) is 0 Å². The first kappa shape index (κ1) is 13.0. The molecule has 2 aliphatic heterocycles. The van der Waals surface area contributed by atoms with Gasteiger partial charge >= 0.3 is 0 Å². The molecule has 2 aliphatic rings. The lowest BCUT2D eigenvalue weighted by molar-refractivity contribution is 0.0382. The zero-order chi connectivity index (χ0) is 12.9. The van der Waals surface area contributed by atoms with Crippen LogP contribution in [0.15, 0.2) is 0 Å². The van der Waals surface area contributed by atoms with Gasteiger partial charge in [-0.05, 0) is 19.4 Å². The van der Waals surface area contributed by atoms with E-state index >= 15 is 0 Å². The monoisotopic (exact) mass is 265 g/mol. The fourth-order valence-corrected chi connectivity index (χ4v) is 2.77. The molecule has 0 bridgehead atoms. The van der Waals surface area contributed by atoms with Gasteiger partial charge in [0.1, 0.15) is 5.82 Å². The Labute approximate surface area is 113 Å². The summed E-state index contributed by atoms with van der Waals surface area (Å²) < 4.78 is 5.35. The minimum absolute atomic E-state index is 0.488. The van der Waals surface area contributed by atoms with Gasteiger partial charge in [-0.15, -0.1) is 0 Å². The maximum Gasteiger partial charge on any atom is 0.155 e. The number of nitrogens with zero attached hydrogens (tertiary/aromatic N) is 3. The SMILES string of the molecule is C1CNCC(c2n[nH]c(CCN3CCOCC3)n2)C1. The average Bonchev–Trinajstić information content (AvgIpc) is 2.96. The van der Waals surface area contributed by atoms with Crippen molar-refractivity contribution in [3.8, 4) is 0 Å². The summed E-state index contributed by atoms with van der Waals surface area (Å²) in [5.74, 6) is 2.50. The molecule has 0 radical (unpaired) electrons. The van der Waals surface area contributed by atoms with Gasteiger partial charge in [0.15, 0.2) is 5.82 Å². The molecule has 6 heteroatoms. The lowest BCUT2D eigenvalue weighted by Crippen LogP contribution is -2.37. The van der Waals surface area contributed by atoms with Crippen molar-refractivity contribution in [3.05, 3.63) is 11.6 Å². The van der Waals surface area contributed by atoms with Crippen LogP contribution in [-0.2, 0) is 11.2 Å². The first-order chi connectivity index (χ1) is 9.42. The summed E-state index contributed by atoms with van der Waals surface area (Å²) in [7, 11) is 0. The molecule has 0 aliphatic carbocycles. The normalized spacial score (nSPS) is 25.6. The van der Waals surface area contributed by atoms with E-state index in [4.69, 9.17) is 4.74 Å². The molecule has 0 spiro atoms. The predicted molar refractivity (Wildman–Crippen MR) is 72.2 cm³/mol. The highest BCUT2D eigenvalue weighted by Crippen LogP contribution is 2.19. The summed E-state index contributed by atoms with van der Waals surface area (Å²) in [6, 6.07) is 0. The predicted octanol–water partition coefficient (Wildman–Crippen LogP) is 0.146. The number of rotatable bonds is 4. The van der Waals surface area contributed by atoms with Gasteiger partial charge in [-0.2, -0.15) is 5.10 Å². The lowest BCUT2D eigenvalue weighted by Gasteiger charge is -2.25. The summed E-state index contributed by atoms with van der Waals surface area (Å²) in [6.45, 7) is 6.97. The Morgan fingerprint density at radius 3 is 3.00 bits per heavy atom. The van der Waals surface area contributed by atoms with Gasteiger partial charge in [0.25, 0.3) is 0 Å². The van der Waals surface area contributed by atoms with Crippen LogP contribution >= 0.6 is 0 Å². The quantitative estimate of drug-likeness (QED) is 0.811. The number of morpholine rings is 1. The molecule has 0 amide bonds. The van der Waals surface area contributed by atoms with Crippen LogP contribution < -0.4 is 5.32 Å². The van der Waals surface area contributed by atoms with Crippen molar-refractivity contribution in [2.75, 3.05) is 45.9 Å². The van der Waals surface area contributed by atoms with E-state index in [2.05, 4.69) is 25.4 Å². The number of hydrogen-bond acceptors (Lipinski definition) is 5. The van der Waals surface area contributed by atoms with E-state index in [1.165, 1.54) is 12.8 Å². The fourth-order valence-electron chi connectivity index (χ4n) is 2.77. The fraction of sp³-hybridized carbons (Fsp3) is 0.846.